The average molecular weight is 324 g/mol. The minimum absolute atomic E-state index is 0.0457. The van der Waals surface area contributed by atoms with Crippen LogP contribution in [0.15, 0.2) is 47.1 Å². The summed E-state index contributed by atoms with van der Waals surface area (Å²) in [6, 6.07) is 12.0. The summed E-state index contributed by atoms with van der Waals surface area (Å²) >= 11 is 0. The molecule has 0 saturated carbocycles. The predicted octanol–water partition coefficient (Wildman–Crippen LogP) is 4.37. The molecule has 3 aromatic rings. The lowest BCUT2D eigenvalue weighted by atomic mass is 10.1. The number of aryl methyl sites for hydroxylation is 1. The van der Waals surface area contributed by atoms with Crippen LogP contribution < -0.4 is 5.32 Å². The van der Waals surface area contributed by atoms with Gasteiger partial charge < -0.3 is 14.3 Å². The van der Waals surface area contributed by atoms with Crippen molar-refractivity contribution in [3.8, 4) is 0 Å². The zero-order valence-electron chi connectivity index (χ0n) is 14.5. The van der Waals surface area contributed by atoms with Crippen LogP contribution in [0, 0.1) is 12.8 Å². The molecule has 3 rings (SSSR count). The SMILES string of the molecule is Cc1ccccc1Cn1c(C(=O)NCCC(C)C)cc2occc21. The number of aromatic nitrogens is 1. The van der Waals surface area contributed by atoms with E-state index in [1.165, 1.54) is 11.1 Å². The van der Waals surface area contributed by atoms with Gasteiger partial charge in [0.25, 0.3) is 5.91 Å². The van der Waals surface area contributed by atoms with E-state index in [1.807, 2.05) is 28.8 Å². The van der Waals surface area contributed by atoms with E-state index in [-0.39, 0.29) is 5.91 Å². The molecule has 1 aromatic carbocycles. The van der Waals surface area contributed by atoms with Gasteiger partial charge in [0.15, 0.2) is 5.58 Å². The smallest absolute Gasteiger partial charge is 0.268 e. The van der Waals surface area contributed by atoms with Crippen LogP contribution in [-0.4, -0.2) is 17.0 Å². The molecule has 0 atom stereocenters. The Hall–Kier alpha value is -2.49. The summed E-state index contributed by atoms with van der Waals surface area (Å²) in [5.41, 5.74) is 4.77. The summed E-state index contributed by atoms with van der Waals surface area (Å²) in [5, 5.41) is 3.02. The van der Waals surface area contributed by atoms with E-state index >= 15 is 0 Å². The molecule has 4 nitrogen and oxygen atoms in total. The maximum Gasteiger partial charge on any atom is 0.268 e. The highest BCUT2D eigenvalue weighted by molar-refractivity contribution is 5.97. The monoisotopic (exact) mass is 324 g/mol. The summed E-state index contributed by atoms with van der Waals surface area (Å²) in [6.07, 6.45) is 2.64. The van der Waals surface area contributed by atoms with E-state index < -0.39 is 0 Å². The second-order valence-electron chi connectivity index (χ2n) is 6.65. The molecule has 0 unspecified atom stereocenters. The number of fused-ring (bicyclic) bond motifs is 1. The third kappa shape index (κ3) is 3.37. The van der Waals surface area contributed by atoms with Crippen molar-refractivity contribution in [2.24, 2.45) is 5.92 Å². The molecule has 0 aliphatic rings. The van der Waals surface area contributed by atoms with Crippen molar-refractivity contribution in [2.75, 3.05) is 6.54 Å². The Kier molecular flexibility index (Phi) is 4.74. The standard InChI is InChI=1S/C20H24N2O2/c1-14(2)8-10-21-20(23)18-12-19-17(9-11-24-19)22(18)13-16-7-5-4-6-15(16)3/h4-7,9,11-12,14H,8,10,13H2,1-3H3,(H,21,23). The van der Waals surface area contributed by atoms with Crippen LogP contribution in [0.3, 0.4) is 0 Å². The molecule has 1 amide bonds. The van der Waals surface area contributed by atoms with E-state index in [2.05, 4.69) is 38.2 Å². The molecule has 2 aromatic heterocycles. The van der Waals surface area contributed by atoms with Gasteiger partial charge in [-0.05, 0) is 30.4 Å². The van der Waals surface area contributed by atoms with E-state index in [9.17, 15) is 4.79 Å². The number of benzene rings is 1. The van der Waals surface area contributed by atoms with Gasteiger partial charge in [-0.2, -0.15) is 0 Å². The number of hydrogen-bond donors (Lipinski definition) is 1. The minimum Gasteiger partial charge on any atom is -0.463 e. The molecule has 0 bridgehead atoms. The molecule has 2 heterocycles. The van der Waals surface area contributed by atoms with Crippen molar-refractivity contribution in [2.45, 2.75) is 33.7 Å². The van der Waals surface area contributed by atoms with E-state index in [0.717, 1.165) is 17.5 Å². The van der Waals surface area contributed by atoms with Gasteiger partial charge in [-0.1, -0.05) is 38.1 Å². The average Bonchev–Trinajstić information content (AvgIpc) is 3.11. The summed E-state index contributed by atoms with van der Waals surface area (Å²) in [7, 11) is 0. The molecule has 0 saturated heterocycles. The molecule has 1 N–H and O–H groups in total. The molecule has 126 valence electrons. The molecular weight excluding hydrogens is 300 g/mol. The number of carbonyl (C=O) groups is 1. The zero-order valence-corrected chi connectivity index (χ0v) is 14.5. The Labute approximate surface area is 142 Å². The largest absolute Gasteiger partial charge is 0.463 e. The van der Waals surface area contributed by atoms with Crippen molar-refractivity contribution in [3.63, 3.8) is 0 Å². The van der Waals surface area contributed by atoms with Crippen molar-refractivity contribution in [1.29, 1.82) is 0 Å². The highest BCUT2D eigenvalue weighted by atomic mass is 16.3. The van der Waals surface area contributed by atoms with Gasteiger partial charge in [0.05, 0.1) is 11.8 Å². The third-order valence-electron chi connectivity index (χ3n) is 4.35. The molecule has 24 heavy (non-hydrogen) atoms. The number of nitrogens with zero attached hydrogens (tertiary/aromatic N) is 1. The first kappa shape index (κ1) is 16.4. The van der Waals surface area contributed by atoms with Crippen molar-refractivity contribution >= 4 is 17.0 Å². The molecule has 0 spiro atoms. The van der Waals surface area contributed by atoms with Crippen LogP contribution in [0.4, 0.5) is 0 Å². The Morgan fingerprint density at radius 1 is 1.25 bits per heavy atom. The number of hydrogen-bond acceptors (Lipinski definition) is 2. The van der Waals surface area contributed by atoms with Gasteiger partial charge in [0.2, 0.25) is 0 Å². The molecule has 0 radical (unpaired) electrons. The van der Waals surface area contributed by atoms with Crippen molar-refractivity contribution in [1.82, 2.24) is 9.88 Å². The Bertz CT molecular complexity index is 842. The van der Waals surface area contributed by atoms with Gasteiger partial charge in [-0.15, -0.1) is 0 Å². The number of rotatable bonds is 6. The van der Waals surface area contributed by atoms with Crippen LogP contribution in [0.5, 0.6) is 0 Å². The highest BCUT2D eigenvalue weighted by Gasteiger charge is 2.18. The number of amides is 1. The lowest BCUT2D eigenvalue weighted by Gasteiger charge is -2.13. The molecule has 4 heteroatoms. The third-order valence-corrected chi connectivity index (χ3v) is 4.35. The van der Waals surface area contributed by atoms with Crippen LogP contribution in [0.1, 0.15) is 41.9 Å². The summed E-state index contributed by atoms with van der Waals surface area (Å²) in [4.78, 5) is 12.6. The van der Waals surface area contributed by atoms with Gasteiger partial charge in [-0.3, -0.25) is 4.79 Å². The second-order valence-corrected chi connectivity index (χ2v) is 6.65. The fraction of sp³-hybridized carbons (Fsp3) is 0.350. The van der Waals surface area contributed by atoms with Gasteiger partial charge in [0.1, 0.15) is 5.69 Å². The first-order chi connectivity index (χ1) is 11.6. The molecule has 0 fully saturated rings. The maximum atomic E-state index is 12.6. The summed E-state index contributed by atoms with van der Waals surface area (Å²) < 4.78 is 7.53. The highest BCUT2D eigenvalue weighted by Crippen LogP contribution is 2.23. The Morgan fingerprint density at radius 3 is 2.79 bits per heavy atom. The Morgan fingerprint density at radius 2 is 2.04 bits per heavy atom. The fourth-order valence-electron chi connectivity index (χ4n) is 2.86. The summed E-state index contributed by atoms with van der Waals surface area (Å²) in [6.45, 7) is 7.74. The quantitative estimate of drug-likeness (QED) is 0.732. The zero-order chi connectivity index (χ0) is 17.1. The number of carbonyl (C=O) groups excluding carboxylic acids is 1. The van der Waals surface area contributed by atoms with Crippen LogP contribution >= 0.6 is 0 Å². The normalized spacial score (nSPS) is 11.3. The van der Waals surface area contributed by atoms with Crippen LogP contribution in [-0.2, 0) is 6.54 Å². The number of nitrogens with one attached hydrogen (secondary N) is 1. The molecule has 0 aliphatic heterocycles. The first-order valence-corrected chi connectivity index (χ1v) is 8.45. The molecule has 0 aliphatic carbocycles. The van der Waals surface area contributed by atoms with E-state index in [4.69, 9.17) is 4.42 Å². The van der Waals surface area contributed by atoms with E-state index in [0.29, 0.717) is 24.7 Å². The molecular formula is C20H24N2O2. The maximum absolute atomic E-state index is 12.6. The lowest BCUT2D eigenvalue weighted by molar-refractivity contribution is 0.0943. The lowest BCUT2D eigenvalue weighted by Crippen LogP contribution is -2.27. The topological polar surface area (TPSA) is 47.2 Å². The summed E-state index contributed by atoms with van der Waals surface area (Å²) in [5.74, 6) is 0.524. The minimum atomic E-state index is -0.0457. The second kappa shape index (κ2) is 6.95. The fourth-order valence-corrected chi connectivity index (χ4v) is 2.86. The van der Waals surface area contributed by atoms with Gasteiger partial charge in [0, 0.05) is 25.2 Å². The van der Waals surface area contributed by atoms with Crippen molar-refractivity contribution < 1.29 is 9.21 Å². The predicted molar refractivity (Wildman–Crippen MR) is 96.3 cm³/mol. The van der Waals surface area contributed by atoms with Crippen molar-refractivity contribution in [3.05, 3.63) is 59.5 Å². The van der Waals surface area contributed by atoms with Crippen LogP contribution in [0.2, 0.25) is 0 Å². The van der Waals surface area contributed by atoms with Gasteiger partial charge in [-0.25, -0.2) is 0 Å². The van der Waals surface area contributed by atoms with Gasteiger partial charge >= 0.3 is 0 Å². The Balaban J connectivity index is 1.89. The first-order valence-electron chi connectivity index (χ1n) is 8.45. The van der Waals surface area contributed by atoms with Crippen LogP contribution in [0.25, 0.3) is 11.1 Å². The number of furan rings is 1. The van der Waals surface area contributed by atoms with E-state index in [1.54, 1.807) is 6.26 Å².